The number of hydrogen-bond donors (Lipinski definition) is 3. The summed E-state index contributed by atoms with van der Waals surface area (Å²) < 4.78 is 1.11. The molecule has 2 aromatic carbocycles. The van der Waals surface area contributed by atoms with Gasteiger partial charge in [0.1, 0.15) is 0 Å². The van der Waals surface area contributed by atoms with Crippen molar-refractivity contribution >= 4 is 44.6 Å². The first-order chi connectivity index (χ1) is 25.9. The van der Waals surface area contributed by atoms with Gasteiger partial charge in [0, 0.05) is 37.9 Å². The van der Waals surface area contributed by atoms with Gasteiger partial charge in [-0.3, -0.25) is 4.79 Å². The van der Waals surface area contributed by atoms with Gasteiger partial charge in [-0.15, -0.1) is 22.7 Å². The Hall–Kier alpha value is -3.56. The molecule has 0 aliphatic heterocycles. The molecule has 6 aliphatic carbocycles. The van der Waals surface area contributed by atoms with Gasteiger partial charge in [-0.2, -0.15) is 0 Å². The number of carbonyl (C=O) groups excluding carboxylic acids is 2. The van der Waals surface area contributed by atoms with Gasteiger partial charge in [-0.05, 0) is 110 Å². The van der Waals surface area contributed by atoms with Gasteiger partial charge in [-0.25, -0.2) is 4.79 Å². The van der Waals surface area contributed by atoms with Crippen molar-refractivity contribution in [1.29, 1.82) is 0 Å². The number of Topliss-reactive ketones (excluding diaryl/α,β-unsaturated/α-hetero) is 1. The van der Waals surface area contributed by atoms with E-state index in [0.717, 1.165) is 64.6 Å². The first kappa shape index (κ1) is 36.1. The van der Waals surface area contributed by atoms with E-state index >= 15 is 4.79 Å². The number of amides is 2. The molecule has 4 aromatic rings. The smallest absolute Gasteiger partial charge is 0.317 e. The summed E-state index contributed by atoms with van der Waals surface area (Å²) in [5.41, 5.74) is -0.804. The zero-order valence-corrected chi connectivity index (χ0v) is 33.2. The second-order valence-corrected chi connectivity index (χ2v) is 19.7. The Balaban J connectivity index is 1.09. The number of carbonyl (C=O) groups is 2. The van der Waals surface area contributed by atoms with Gasteiger partial charge in [-0.1, -0.05) is 86.7 Å². The predicted octanol–water partition coefficient (Wildman–Crippen LogP) is 9.75. The molecule has 1 unspecified atom stereocenters. The van der Waals surface area contributed by atoms with Crippen LogP contribution in [0.1, 0.15) is 91.9 Å². The van der Waals surface area contributed by atoms with E-state index < -0.39 is 22.5 Å². The molecule has 282 valence electrons. The standard InChI is InChI=1S/C46H52N2O4S2/c1-30(31-10-5-4-6-11-31)47-41(51)48(24-18-34-13-9-25-53-34)29-45(52)21-17-39-43(45,3)20-16-38-42(2)19-15-33(49)27-44(42)22-23-46(38,39)35(28-44)40(50)37-26-32-12-7-8-14-36(32)54-37/h4-14,22-23,25-26,28,30,33,38-39,49,52H,15-21,24,27,29H2,1-3H3,(H,47,51)/t30-,33?,38-,39-,42-,43+,44+,45-,46-/m1/s1. The summed E-state index contributed by atoms with van der Waals surface area (Å²) in [6, 6.07) is 24.1. The van der Waals surface area contributed by atoms with Crippen LogP contribution in [0.15, 0.2) is 102 Å². The lowest BCUT2D eigenvalue weighted by Crippen LogP contribution is -2.67. The molecule has 2 amide bonds. The van der Waals surface area contributed by atoms with Crippen molar-refractivity contribution in [3.05, 3.63) is 117 Å². The minimum atomic E-state index is -1.14. The quantitative estimate of drug-likeness (QED) is 0.117. The Morgan fingerprint density at radius 1 is 0.926 bits per heavy atom. The Morgan fingerprint density at radius 3 is 2.44 bits per heavy atom. The summed E-state index contributed by atoms with van der Waals surface area (Å²) in [4.78, 5) is 33.2. The van der Waals surface area contributed by atoms with Crippen LogP contribution in [0.4, 0.5) is 4.79 Å². The van der Waals surface area contributed by atoms with Crippen molar-refractivity contribution in [1.82, 2.24) is 10.2 Å². The molecule has 8 heteroatoms. The topological polar surface area (TPSA) is 89.9 Å². The van der Waals surface area contributed by atoms with E-state index in [1.54, 1.807) is 22.7 Å². The molecule has 3 N–H and O–H groups in total. The lowest BCUT2D eigenvalue weighted by molar-refractivity contribution is -0.174. The molecular weight excluding hydrogens is 709 g/mol. The van der Waals surface area contributed by atoms with Crippen LogP contribution in [0.3, 0.4) is 0 Å². The maximum absolute atomic E-state index is 15.1. The highest BCUT2D eigenvalue weighted by molar-refractivity contribution is 7.21. The lowest BCUT2D eigenvalue weighted by Gasteiger charge is -2.71. The van der Waals surface area contributed by atoms with E-state index in [0.29, 0.717) is 19.4 Å². The Kier molecular flexibility index (Phi) is 8.70. The minimum absolute atomic E-state index is 0.0157. The van der Waals surface area contributed by atoms with Crippen LogP contribution in [-0.4, -0.2) is 51.7 Å². The van der Waals surface area contributed by atoms with Crippen molar-refractivity contribution in [2.45, 2.75) is 89.9 Å². The lowest BCUT2D eigenvalue weighted by atomic mass is 9.32. The zero-order chi connectivity index (χ0) is 37.5. The zero-order valence-electron chi connectivity index (χ0n) is 31.6. The highest BCUT2D eigenvalue weighted by atomic mass is 32.1. The van der Waals surface area contributed by atoms with Crippen LogP contribution < -0.4 is 5.32 Å². The van der Waals surface area contributed by atoms with Crippen LogP contribution >= 0.6 is 22.7 Å². The molecule has 3 fully saturated rings. The SMILES string of the molecule is C[C@@H](NC(=O)N(CCc1cccs1)C[C@]1(O)CC[C@H]2[C@]34C=C[C@@]5(C=C3C(=O)c3cc6ccccc6s3)CC(O)CC[C@]5(C)[C@H]4CC[C@@]21C)c1ccccc1. The fraction of sp³-hybridized carbons (Fsp3) is 0.478. The molecule has 6 aliphatic rings. The van der Waals surface area contributed by atoms with Crippen LogP contribution in [0.5, 0.6) is 0 Å². The average molecular weight is 761 g/mol. The van der Waals surface area contributed by atoms with Crippen molar-refractivity contribution in [2.24, 2.45) is 33.5 Å². The van der Waals surface area contributed by atoms with E-state index in [4.69, 9.17) is 0 Å². The summed E-state index contributed by atoms with van der Waals surface area (Å²) in [6.07, 6.45) is 12.7. The number of thiophene rings is 2. The van der Waals surface area contributed by atoms with Crippen LogP contribution in [-0.2, 0) is 6.42 Å². The Labute approximate surface area is 327 Å². The van der Waals surface area contributed by atoms with Gasteiger partial charge in [0.2, 0.25) is 0 Å². The van der Waals surface area contributed by atoms with Crippen LogP contribution in [0.25, 0.3) is 10.1 Å². The van der Waals surface area contributed by atoms with Gasteiger partial charge >= 0.3 is 6.03 Å². The average Bonchev–Trinajstić information content (AvgIpc) is 3.91. The third kappa shape index (κ3) is 5.30. The number of fused-ring (bicyclic) bond motifs is 2. The molecule has 0 saturated heterocycles. The fourth-order valence-electron chi connectivity index (χ4n) is 12.2. The molecule has 2 aromatic heterocycles. The fourth-order valence-corrected chi connectivity index (χ4v) is 13.9. The first-order valence-corrected chi connectivity index (χ1v) is 21.6. The maximum atomic E-state index is 15.1. The molecular formula is C46H52N2O4S2. The number of aliphatic hydroxyl groups excluding tert-OH is 1. The van der Waals surface area contributed by atoms with E-state index in [2.05, 4.69) is 67.0 Å². The maximum Gasteiger partial charge on any atom is 0.317 e. The van der Waals surface area contributed by atoms with Gasteiger partial charge in [0.15, 0.2) is 5.78 Å². The van der Waals surface area contributed by atoms with Crippen molar-refractivity contribution in [3.8, 4) is 0 Å². The number of allylic oxidation sites excluding steroid dienone is 4. The third-order valence-corrected chi connectivity index (χ3v) is 17.2. The van der Waals surface area contributed by atoms with Crippen molar-refractivity contribution in [3.63, 3.8) is 0 Å². The Bertz CT molecular complexity index is 2110. The highest BCUT2D eigenvalue weighted by Gasteiger charge is 2.74. The number of nitrogens with one attached hydrogen (secondary N) is 1. The second-order valence-electron chi connectivity index (χ2n) is 17.6. The molecule has 9 atom stereocenters. The number of benzene rings is 2. The number of aliphatic hydroxyl groups is 2. The first-order valence-electron chi connectivity index (χ1n) is 19.9. The summed E-state index contributed by atoms with van der Waals surface area (Å²) in [6.45, 7) is 7.43. The summed E-state index contributed by atoms with van der Waals surface area (Å²) in [7, 11) is 0. The molecule has 2 spiro atoms. The van der Waals surface area contributed by atoms with E-state index in [1.165, 1.54) is 4.88 Å². The molecule has 10 rings (SSSR count). The minimum Gasteiger partial charge on any atom is -0.393 e. The summed E-state index contributed by atoms with van der Waals surface area (Å²) >= 11 is 3.26. The van der Waals surface area contributed by atoms with Crippen molar-refractivity contribution < 1.29 is 19.8 Å². The summed E-state index contributed by atoms with van der Waals surface area (Å²) in [5.74, 6) is 0.326. The molecule has 0 radical (unpaired) electrons. The molecule has 6 nitrogen and oxygen atoms in total. The van der Waals surface area contributed by atoms with Crippen LogP contribution in [0.2, 0.25) is 0 Å². The van der Waals surface area contributed by atoms with Gasteiger partial charge in [0.25, 0.3) is 0 Å². The summed E-state index contributed by atoms with van der Waals surface area (Å²) in [5, 5.41) is 30.7. The normalized spacial score (nSPS) is 35.5. The van der Waals surface area contributed by atoms with Gasteiger partial charge in [0.05, 0.1) is 29.2 Å². The molecule has 3 saturated carbocycles. The third-order valence-electron chi connectivity index (χ3n) is 15.2. The molecule has 54 heavy (non-hydrogen) atoms. The second kappa shape index (κ2) is 13.0. The van der Waals surface area contributed by atoms with Crippen LogP contribution in [0, 0.1) is 33.5 Å². The Morgan fingerprint density at radius 2 is 1.67 bits per heavy atom. The van der Waals surface area contributed by atoms with E-state index in [1.807, 2.05) is 60.4 Å². The highest BCUT2D eigenvalue weighted by Crippen LogP contribution is 2.78. The molecule has 2 bridgehead atoms. The number of nitrogens with zero attached hydrogens (tertiary/aromatic N) is 1. The monoisotopic (exact) mass is 760 g/mol. The van der Waals surface area contributed by atoms with E-state index in [-0.39, 0.29) is 47.1 Å². The predicted molar refractivity (Wildman–Crippen MR) is 218 cm³/mol. The van der Waals surface area contributed by atoms with E-state index in [9.17, 15) is 15.0 Å². The molecule has 2 heterocycles. The number of urea groups is 1. The number of ketones is 1. The number of rotatable bonds is 9. The number of hydrogen-bond acceptors (Lipinski definition) is 6. The van der Waals surface area contributed by atoms with Gasteiger partial charge < -0.3 is 20.4 Å². The van der Waals surface area contributed by atoms with Crippen molar-refractivity contribution in [2.75, 3.05) is 13.1 Å². The largest absolute Gasteiger partial charge is 0.393 e.